The number of hydrogen-bond acceptors (Lipinski definition) is 7. The van der Waals surface area contributed by atoms with Gasteiger partial charge in [-0.1, -0.05) is 0 Å². The zero-order chi connectivity index (χ0) is 15.4. The lowest BCUT2D eigenvalue weighted by Crippen LogP contribution is -2.62. The van der Waals surface area contributed by atoms with Gasteiger partial charge in [-0.2, -0.15) is 0 Å². The SMILES string of the molecule is CC(=O)N[C@@H]1C(N)C=C(C(=O)O)O[C@H]1[C@H](O)[C@H](O)CO. The molecule has 1 rings (SSSR count). The summed E-state index contributed by atoms with van der Waals surface area (Å²) in [6.45, 7) is 0.463. The monoisotopic (exact) mass is 290 g/mol. The smallest absolute Gasteiger partial charge is 0.370 e. The molecule has 0 saturated carbocycles. The van der Waals surface area contributed by atoms with Gasteiger partial charge in [-0.3, -0.25) is 4.79 Å². The molecule has 9 nitrogen and oxygen atoms in total. The number of aliphatic carboxylic acids is 1. The first kappa shape index (κ1) is 16.4. The minimum atomic E-state index is -1.62. The Morgan fingerprint density at radius 1 is 1.50 bits per heavy atom. The van der Waals surface area contributed by atoms with Gasteiger partial charge in [-0.15, -0.1) is 0 Å². The van der Waals surface area contributed by atoms with E-state index in [9.17, 15) is 19.8 Å². The number of carboxylic acid groups (broad SMARTS) is 1. The Labute approximate surface area is 114 Å². The highest BCUT2D eigenvalue weighted by atomic mass is 16.5. The third-order valence-corrected chi connectivity index (χ3v) is 2.87. The van der Waals surface area contributed by atoms with Gasteiger partial charge in [0.05, 0.1) is 18.7 Å². The number of rotatable bonds is 5. The fourth-order valence-electron chi connectivity index (χ4n) is 1.90. The van der Waals surface area contributed by atoms with E-state index < -0.39 is 54.6 Å². The van der Waals surface area contributed by atoms with Crippen LogP contribution in [0.15, 0.2) is 11.8 Å². The number of carboxylic acids is 1. The van der Waals surface area contributed by atoms with Crippen LogP contribution in [0.25, 0.3) is 0 Å². The molecular formula is C11H18N2O7. The summed E-state index contributed by atoms with van der Waals surface area (Å²) in [6, 6.07) is -1.86. The normalized spacial score (nSPS) is 28.9. The standard InChI is InChI=1S/C11H18N2O7/c1-4(15)13-8-5(12)2-7(11(18)19)20-10(8)9(17)6(16)3-14/h2,5-6,8-10,14,16-17H,3,12H2,1H3,(H,13,15)(H,18,19)/t5?,6-,8-,9-,10-/m1/s1. The van der Waals surface area contributed by atoms with Crippen LogP contribution in [0.4, 0.5) is 0 Å². The topological polar surface area (TPSA) is 162 Å². The first-order valence-electron chi connectivity index (χ1n) is 5.89. The van der Waals surface area contributed by atoms with Gasteiger partial charge < -0.3 is 36.2 Å². The molecule has 7 N–H and O–H groups in total. The van der Waals surface area contributed by atoms with Crippen molar-refractivity contribution in [2.24, 2.45) is 5.73 Å². The number of carbonyl (C=O) groups is 2. The summed E-state index contributed by atoms with van der Waals surface area (Å²) in [5, 5.41) is 39.5. The second kappa shape index (κ2) is 6.66. The second-order valence-corrected chi connectivity index (χ2v) is 4.46. The number of nitrogens with one attached hydrogen (secondary N) is 1. The van der Waals surface area contributed by atoms with Gasteiger partial charge in [0.25, 0.3) is 0 Å². The third-order valence-electron chi connectivity index (χ3n) is 2.87. The Kier molecular flexibility index (Phi) is 5.45. The average Bonchev–Trinajstić information content (AvgIpc) is 2.38. The predicted octanol–water partition coefficient (Wildman–Crippen LogP) is -3.10. The molecule has 20 heavy (non-hydrogen) atoms. The highest BCUT2D eigenvalue weighted by Gasteiger charge is 2.42. The van der Waals surface area contributed by atoms with Gasteiger partial charge in [-0.05, 0) is 6.08 Å². The van der Waals surface area contributed by atoms with Crippen molar-refractivity contribution < 1.29 is 34.8 Å². The van der Waals surface area contributed by atoms with Gasteiger partial charge in [0.1, 0.15) is 18.3 Å². The van der Waals surface area contributed by atoms with E-state index in [1.54, 1.807) is 0 Å². The Hall–Kier alpha value is -1.68. The molecule has 0 aromatic heterocycles. The maximum absolute atomic E-state index is 11.1. The lowest BCUT2D eigenvalue weighted by atomic mass is 9.92. The summed E-state index contributed by atoms with van der Waals surface area (Å²) in [5.74, 6) is -2.34. The van der Waals surface area contributed by atoms with Crippen molar-refractivity contribution in [3.8, 4) is 0 Å². The number of carbonyl (C=O) groups excluding carboxylic acids is 1. The van der Waals surface area contributed by atoms with Crippen LogP contribution in [0.3, 0.4) is 0 Å². The maximum atomic E-state index is 11.1. The zero-order valence-corrected chi connectivity index (χ0v) is 10.8. The van der Waals surface area contributed by atoms with Crippen molar-refractivity contribution >= 4 is 11.9 Å². The fourth-order valence-corrected chi connectivity index (χ4v) is 1.90. The van der Waals surface area contributed by atoms with E-state index in [-0.39, 0.29) is 0 Å². The molecule has 1 aliphatic rings. The van der Waals surface area contributed by atoms with Crippen molar-refractivity contribution in [2.45, 2.75) is 37.3 Å². The van der Waals surface area contributed by atoms with Gasteiger partial charge in [0.2, 0.25) is 11.7 Å². The minimum absolute atomic E-state index is 0.461. The van der Waals surface area contributed by atoms with E-state index in [2.05, 4.69) is 5.32 Å². The van der Waals surface area contributed by atoms with Gasteiger partial charge >= 0.3 is 5.97 Å². The molecule has 0 aromatic rings. The first-order chi connectivity index (χ1) is 9.27. The third kappa shape index (κ3) is 3.67. The van der Waals surface area contributed by atoms with E-state index >= 15 is 0 Å². The van der Waals surface area contributed by atoms with Crippen LogP contribution in [-0.2, 0) is 14.3 Å². The summed E-state index contributed by atoms with van der Waals surface area (Å²) < 4.78 is 5.06. The zero-order valence-electron chi connectivity index (χ0n) is 10.8. The number of amides is 1. The Morgan fingerprint density at radius 3 is 2.55 bits per heavy atom. The van der Waals surface area contributed by atoms with Crippen LogP contribution in [0.2, 0.25) is 0 Å². The number of aliphatic hydroxyl groups is 3. The molecule has 0 bridgehead atoms. The van der Waals surface area contributed by atoms with Crippen molar-refractivity contribution in [3.05, 3.63) is 11.8 Å². The molecular weight excluding hydrogens is 272 g/mol. The summed E-state index contributed by atoms with van der Waals surface area (Å²) in [5.41, 5.74) is 5.74. The average molecular weight is 290 g/mol. The van der Waals surface area contributed by atoms with Gasteiger partial charge in [-0.25, -0.2) is 4.79 Å². The van der Waals surface area contributed by atoms with Gasteiger partial charge in [0, 0.05) is 6.92 Å². The van der Waals surface area contributed by atoms with E-state index in [0.717, 1.165) is 6.08 Å². The largest absolute Gasteiger partial charge is 0.478 e. The van der Waals surface area contributed by atoms with E-state index in [1.165, 1.54) is 6.92 Å². The van der Waals surface area contributed by atoms with Crippen LogP contribution in [0.5, 0.6) is 0 Å². The Balaban J connectivity index is 3.04. The molecule has 0 radical (unpaired) electrons. The fraction of sp³-hybridized carbons (Fsp3) is 0.636. The summed E-state index contributed by atoms with van der Waals surface area (Å²) in [4.78, 5) is 22.0. The van der Waals surface area contributed by atoms with Crippen LogP contribution < -0.4 is 11.1 Å². The molecule has 0 saturated heterocycles. The molecule has 114 valence electrons. The van der Waals surface area contributed by atoms with E-state index in [1.807, 2.05) is 0 Å². The van der Waals surface area contributed by atoms with Gasteiger partial charge in [0.15, 0.2) is 0 Å². The summed E-state index contributed by atoms with van der Waals surface area (Å²) in [6.07, 6.45) is -3.38. The van der Waals surface area contributed by atoms with Crippen LogP contribution in [0, 0.1) is 0 Å². The predicted molar refractivity (Wildman–Crippen MR) is 65.3 cm³/mol. The highest BCUT2D eigenvalue weighted by Crippen LogP contribution is 2.21. The number of hydrogen-bond donors (Lipinski definition) is 6. The number of ether oxygens (including phenoxy) is 1. The molecule has 1 aliphatic heterocycles. The lowest BCUT2D eigenvalue weighted by Gasteiger charge is -2.38. The van der Waals surface area contributed by atoms with Crippen LogP contribution >= 0.6 is 0 Å². The molecule has 1 unspecified atom stereocenters. The van der Waals surface area contributed by atoms with Crippen molar-refractivity contribution in [1.29, 1.82) is 0 Å². The molecule has 0 spiro atoms. The van der Waals surface area contributed by atoms with E-state index in [0.29, 0.717) is 0 Å². The highest BCUT2D eigenvalue weighted by molar-refractivity contribution is 5.84. The van der Waals surface area contributed by atoms with Crippen LogP contribution in [-0.4, -0.2) is 69.3 Å². The molecule has 1 amide bonds. The quantitative estimate of drug-likeness (QED) is 0.310. The number of nitrogens with two attached hydrogens (primary N) is 1. The molecule has 0 aliphatic carbocycles. The summed E-state index contributed by atoms with van der Waals surface area (Å²) in [7, 11) is 0. The van der Waals surface area contributed by atoms with Crippen molar-refractivity contribution in [2.75, 3.05) is 6.61 Å². The molecule has 0 fully saturated rings. The Morgan fingerprint density at radius 2 is 2.10 bits per heavy atom. The maximum Gasteiger partial charge on any atom is 0.370 e. The number of aliphatic hydroxyl groups excluding tert-OH is 3. The molecule has 5 atom stereocenters. The van der Waals surface area contributed by atoms with Crippen LogP contribution in [0.1, 0.15) is 6.92 Å². The Bertz CT molecular complexity index is 412. The van der Waals surface area contributed by atoms with Crippen molar-refractivity contribution in [1.82, 2.24) is 5.32 Å². The molecule has 1 heterocycles. The molecule has 9 heteroatoms. The minimum Gasteiger partial charge on any atom is -0.478 e. The summed E-state index contributed by atoms with van der Waals surface area (Å²) >= 11 is 0. The molecule has 0 aromatic carbocycles. The first-order valence-corrected chi connectivity index (χ1v) is 5.89. The second-order valence-electron chi connectivity index (χ2n) is 4.46. The van der Waals surface area contributed by atoms with Crippen molar-refractivity contribution in [3.63, 3.8) is 0 Å². The van der Waals surface area contributed by atoms with E-state index in [4.69, 9.17) is 20.7 Å². The lowest BCUT2D eigenvalue weighted by molar-refractivity contribution is -0.145.